The monoisotopic (exact) mass is 329 g/mol. The quantitative estimate of drug-likeness (QED) is 0.559. The van der Waals surface area contributed by atoms with Crippen LogP contribution >= 0.6 is 0 Å². The average molecular weight is 329 g/mol. The fourth-order valence-electron chi connectivity index (χ4n) is 2.89. The molecule has 124 valence electrons. The van der Waals surface area contributed by atoms with Crippen molar-refractivity contribution in [2.24, 2.45) is 0 Å². The van der Waals surface area contributed by atoms with Crippen LogP contribution in [0.15, 0.2) is 73.4 Å². The summed E-state index contributed by atoms with van der Waals surface area (Å²) in [6.07, 6.45) is 9.48. The smallest absolute Gasteiger partial charge is 0.105 e. The molecular weight excluding hydrogens is 310 g/mol. The predicted octanol–water partition coefficient (Wildman–Crippen LogP) is 3.82. The summed E-state index contributed by atoms with van der Waals surface area (Å²) in [5.41, 5.74) is 4.43. The van der Waals surface area contributed by atoms with Crippen molar-refractivity contribution in [2.45, 2.75) is 20.0 Å². The number of imidazole rings is 1. The van der Waals surface area contributed by atoms with Gasteiger partial charge in [0, 0.05) is 43.1 Å². The van der Waals surface area contributed by atoms with E-state index < -0.39 is 0 Å². The molecule has 0 spiro atoms. The number of rotatable bonds is 5. The molecule has 0 radical (unpaired) electrons. The van der Waals surface area contributed by atoms with Crippen LogP contribution in [-0.2, 0) is 13.1 Å². The normalized spacial score (nSPS) is 10.9. The summed E-state index contributed by atoms with van der Waals surface area (Å²) in [5.74, 6) is 1.03. The van der Waals surface area contributed by atoms with Crippen LogP contribution in [0.5, 0.6) is 0 Å². The molecule has 25 heavy (non-hydrogen) atoms. The lowest BCUT2D eigenvalue weighted by Crippen LogP contribution is -2.08. The molecule has 1 aromatic carbocycles. The molecule has 0 fully saturated rings. The third-order valence-corrected chi connectivity index (χ3v) is 4.31. The van der Waals surface area contributed by atoms with Crippen LogP contribution in [-0.4, -0.2) is 24.3 Å². The van der Waals surface area contributed by atoms with Gasteiger partial charge in [0.05, 0.1) is 12.2 Å². The molecule has 3 heterocycles. The minimum absolute atomic E-state index is 0.821. The Bertz CT molecular complexity index is 968. The minimum Gasteiger partial charge on any atom is -0.333 e. The van der Waals surface area contributed by atoms with Gasteiger partial charge in [-0.3, -0.25) is 9.67 Å². The lowest BCUT2D eigenvalue weighted by Gasteiger charge is -2.06. The van der Waals surface area contributed by atoms with Crippen molar-refractivity contribution in [3.8, 4) is 22.4 Å². The zero-order valence-electron chi connectivity index (χ0n) is 14.1. The van der Waals surface area contributed by atoms with Crippen LogP contribution in [0, 0.1) is 6.92 Å². The molecule has 0 saturated carbocycles. The number of aromatic nitrogens is 5. The fourth-order valence-corrected chi connectivity index (χ4v) is 2.89. The van der Waals surface area contributed by atoms with Crippen LogP contribution < -0.4 is 0 Å². The van der Waals surface area contributed by atoms with Gasteiger partial charge in [0.25, 0.3) is 0 Å². The topological polar surface area (TPSA) is 48.5 Å². The second-order valence-electron chi connectivity index (χ2n) is 5.95. The minimum atomic E-state index is 0.821. The Balaban J connectivity index is 1.53. The molecule has 0 aliphatic carbocycles. The maximum atomic E-state index is 4.71. The van der Waals surface area contributed by atoms with Gasteiger partial charge in [-0.2, -0.15) is 5.10 Å². The summed E-state index contributed by atoms with van der Waals surface area (Å²) < 4.78 is 4.11. The Hall–Kier alpha value is -3.21. The van der Waals surface area contributed by atoms with Crippen LogP contribution in [0.2, 0.25) is 0 Å². The second kappa shape index (κ2) is 6.73. The third kappa shape index (κ3) is 3.35. The maximum Gasteiger partial charge on any atom is 0.105 e. The first kappa shape index (κ1) is 15.3. The van der Waals surface area contributed by atoms with E-state index in [1.807, 2.05) is 54.7 Å². The van der Waals surface area contributed by atoms with Crippen molar-refractivity contribution in [3.05, 3.63) is 79.3 Å². The lowest BCUT2D eigenvalue weighted by atomic mass is 10.0. The Kier molecular flexibility index (Phi) is 4.12. The summed E-state index contributed by atoms with van der Waals surface area (Å²) in [6.45, 7) is 3.70. The number of nitrogens with zero attached hydrogens (tertiary/aromatic N) is 5. The van der Waals surface area contributed by atoms with Gasteiger partial charge in [-0.05, 0) is 42.3 Å². The van der Waals surface area contributed by atoms with Crippen molar-refractivity contribution in [1.29, 1.82) is 0 Å². The summed E-state index contributed by atoms with van der Waals surface area (Å²) in [4.78, 5) is 8.33. The molecule has 0 N–H and O–H groups in total. The molecule has 0 amide bonds. The van der Waals surface area contributed by atoms with Crippen LogP contribution in [0.3, 0.4) is 0 Å². The highest BCUT2D eigenvalue weighted by atomic mass is 15.3. The van der Waals surface area contributed by atoms with Gasteiger partial charge in [0.2, 0.25) is 0 Å². The van der Waals surface area contributed by atoms with Crippen molar-refractivity contribution >= 4 is 0 Å². The number of hydrogen-bond donors (Lipinski definition) is 0. The Labute approximate surface area is 146 Å². The molecule has 0 atom stereocenters. The lowest BCUT2D eigenvalue weighted by molar-refractivity contribution is 0.527. The van der Waals surface area contributed by atoms with Crippen LogP contribution in [0.25, 0.3) is 22.4 Å². The van der Waals surface area contributed by atoms with E-state index in [0.717, 1.165) is 35.7 Å². The van der Waals surface area contributed by atoms with Gasteiger partial charge in [-0.25, -0.2) is 4.98 Å². The average Bonchev–Trinajstić information content (AvgIpc) is 3.30. The largest absolute Gasteiger partial charge is 0.333 e. The molecule has 0 aliphatic rings. The first-order valence-electron chi connectivity index (χ1n) is 8.31. The Morgan fingerprint density at radius 3 is 2.48 bits per heavy atom. The van der Waals surface area contributed by atoms with E-state index in [9.17, 15) is 0 Å². The van der Waals surface area contributed by atoms with E-state index in [1.54, 1.807) is 0 Å². The molecule has 0 bridgehead atoms. The first-order valence-corrected chi connectivity index (χ1v) is 8.31. The first-order chi connectivity index (χ1) is 12.3. The second-order valence-corrected chi connectivity index (χ2v) is 5.95. The van der Waals surface area contributed by atoms with Gasteiger partial charge in [-0.15, -0.1) is 0 Å². The van der Waals surface area contributed by atoms with Gasteiger partial charge in [0.15, 0.2) is 0 Å². The highest BCUT2D eigenvalue weighted by Gasteiger charge is 2.05. The highest BCUT2D eigenvalue weighted by Crippen LogP contribution is 2.24. The van der Waals surface area contributed by atoms with E-state index in [-0.39, 0.29) is 0 Å². The number of pyridine rings is 1. The molecule has 4 rings (SSSR count). The molecular formula is C20H19N5. The maximum absolute atomic E-state index is 4.71. The Morgan fingerprint density at radius 2 is 1.68 bits per heavy atom. The van der Waals surface area contributed by atoms with Crippen LogP contribution in [0.1, 0.15) is 5.82 Å². The molecule has 3 aromatic heterocycles. The summed E-state index contributed by atoms with van der Waals surface area (Å²) >= 11 is 0. The number of aryl methyl sites for hydroxylation is 3. The molecule has 5 heteroatoms. The van der Waals surface area contributed by atoms with Crippen LogP contribution in [0.4, 0.5) is 0 Å². The van der Waals surface area contributed by atoms with E-state index in [1.165, 1.54) is 5.56 Å². The van der Waals surface area contributed by atoms with E-state index in [0.29, 0.717) is 0 Å². The highest BCUT2D eigenvalue weighted by molar-refractivity contribution is 5.70. The molecule has 0 saturated heterocycles. The number of hydrogen-bond acceptors (Lipinski definition) is 3. The fraction of sp³-hybridized carbons (Fsp3) is 0.150. The zero-order valence-corrected chi connectivity index (χ0v) is 14.1. The molecule has 5 nitrogen and oxygen atoms in total. The van der Waals surface area contributed by atoms with Gasteiger partial charge in [0.1, 0.15) is 5.82 Å². The van der Waals surface area contributed by atoms with Gasteiger partial charge >= 0.3 is 0 Å². The van der Waals surface area contributed by atoms with Crippen molar-refractivity contribution in [2.75, 3.05) is 0 Å². The predicted molar refractivity (Wildman–Crippen MR) is 97.9 cm³/mol. The van der Waals surface area contributed by atoms with Crippen molar-refractivity contribution in [3.63, 3.8) is 0 Å². The van der Waals surface area contributed by atoms with Gasteiger partial charge < -0.3 is 4.57 Å². The van der Waals surface area contributed by atoms with E-state index >= 15 is 0 Å². The summed E-state index contributed by atoms with van der Waals surface area (Å²) in [5, 5.41) is 4.71. The van der Waals surface area contributed by atoms with Crippen molar-refractivity contribution < 1.29 is 0 Å². The standard InChI is InChI=1S/C20H19N5/c1-16-22-10-12-24(16)13-14-25-11-7-20(23-25)19-4-2-3-18(15-19)17-5-8-21-9-6-17/h2-12,15H,13-14H2,1H3. The summed E-state index contributed by atoms with van der Waals surface area (Å²) in [6, 6.07) is 14.5. The van der Waals surface area contributed by atoms with Crippen molar-refractivity contribution in [1.82, 2.24) is 24.3 Å². The summed E-state index contributed by atoms with van der Waals surface area (Å²) in [7, 11) is 0. The van der Waals surface area contributed by atoms with E-state index in [4.69, 9.17) is 5.10 Å². The SMILES string of the molecule is Cc1nccn1CCn1ccc(-c2cccc(-c3ccncc3)c2)n1. The number of benzene rings is 1. The third-order valence-electron chi connectivity index (χ3n) is 4.31. The molecule has 0 aliphatic heterocycles. The van der Waals surface area contributed by atoms with Gasteiger partial charge in [-0.1, -0.05) is 18.2 Å². The Morgan fingerprint density at radius 1 is 0.840 bits per heavy atom. The molecule has 0 unspecified atom stereocenters. The zero-order chi connectivity index (χ0) is 17.1. The molecule has 4 aromatic rings. The van der Waals surface area contributed by atoms with E-state index in [2.05, 4.69) is 44.9 Å².